The maximum absolute atomic E-state index is 14.7. The van der Waals surface area contributed by atoms with Crippen LogP contribution in [0.1, 0.15) is 18.2 Å². The van der Waals surface area contributed by atoms with Crippen molar-refractivity contribution < 1.29 is 9.18 Å². The van der Waals surface area contributed by atoms with E-state index in [9.17, 15) is 9.18 Å². The van der Waals surface area contributed by atoms with E-state index in [2.05, 4.69) is 25.7 Å². The Morgan fingerprint density at radius 2 is 2.03 bits per heavy atom. The van der Waals surface area contributed by atoms with E-state index in [4.69, 9.17) is 0 Å². The molecule has 0 aromatic carbocycles. The standard InChI is InChI=1S/C20H20FN7O/c1-10-4-16(26-28-7-11(2)23-18(10)28)13-5-15(21)19-24-17(9-27(19)8-13)25-20(29)14-6-22-12(14)3/h4-5,7-9,12,14,22H,6H2,1-3H3,(H,25,29)/t12-,14+/m1/s1. The first-order valence-electron chi connectivity index (χ1n) is 9.45. The fourth-order valence-electron chi connectivity index (χ4n) is 3.65. The average molecular weight is 393 g/mol. The molecule has 2 atom stereocenters. The highest BCUT2D eigenvalue weighted by Gasteiger charge is 2.33. The Balaban J connectivity index is 1.52. The van der Waals surface area contributed by atoms with E-state index in [-0.39, 0.29) is 23.5 Å². The Labute approximate surface area is 165 Å². The Morgan fingerprint density at radius 1 is 1.21 bits per heavy atom. The quantitative estimate of drug-likeness (QED) is 0.558. The zero-order valence-electron chi connectivity index (χ0n) is 16.3. The number of imidazole rings is 2. The molecule has 5 rings (SSSR count). The van der Waals surface area contributed by atoms with Gasteiger partial charge in [-0.05, 0) is 38.5 Å². The molecular weight excluding hydrogens is 373 g/mol. The van der Waals surface area contributed by atoms with E-state index in [1.54, 1.807) is 21.3 Å². The Hall–Kier alpha value is -3.33. The van der Waals surface area contributed by atoms with Gasteiger partial charge in [-0.15, -0.1) is 0 Å². The lowest BCUT2D eigenvalue weighted by atomic mass is 9.92. The van der Waals surface area contributed by atoms with Gasteiger partial charge in [-0.25, -0.2) is 18.9 Å². The molecule has 1 fully saturated rings. The smallest absolute Gasteiger partial charge is 0.231 e. The van der Waals surface area contributed by atoms with Crippen LogP contribution in [0.4, 0.5) is 10.2 Å². The molecule has 4 aromatic rings. The number of halogens is 1. The van der Waals surface area contributed by atoms with Crippen LogP contribution < -0.4 is 10.6 Å². The number of rotatable bonds is 3. The number of hydrogen-bond acceptors (Lipinski definition) is 5. The van der Waals surface area contributed by atoms with Gasteiger partial charge in [0.05, 0.1) is 29.7 Å². The minimum Gasteiger partial charge on any atom is -0.313 e. The highest BCUT2D eigenvalue weighted by molar-refractivity contribution is 5.93. The molecule has 5 heterocycles. The highest BCUT2D eigenvalue weighted by atomic mass is 19.1. The van der Waals surface area contributed by atoms with E-state index in [1.165, 1.54) is 6.07 Å². The van der Waals surface area contributed by atoms with E-state index >= 15 is 0 Å². The topological polar surface area (TPSA) is 88.6 Å². The van der Waals surface area contributed by atoms with Gasteiger partial charge >= 0.3 is 0 Å². The summed E-state index contributed by atoms with van der Waals surface area (Å²) in [4.78, 5) is 21.0. The van der Waals surface area contributed by atoms with Crippen LogP contribution in [0.25, 0.3) is 22.6 Å². The van der Waals surface area contributed by atoms with Crippen molar-refractivity contribution in [3.8, 4) is 11.3 Å². The number of nitrogens with one attached hydrogen (secondary N) is 2. The van der Waals surface area contributed by atoms with Crippen LogP contribution in [0.15, 0.2) is 30.7 Å². The molecule has 4 aromatic heterocycles. The van der Waals surface area contributed by atoms with Crippen molar-refractivity contribution >= 4 is 23.0 Å². The predicted octanol–water partition coefficient (Wildman–Crippen LogP) is 2.35. The SMILES string of the molecule is Cc1cn2nc(-c3cc(F)c4nc(NC(=O)[C@H]5CN[C@@H]5C)cn4c3)cc(C)c2n1. The molecule has 29 heavy (non-hydrogen) atoms. The minimum absolute atomic E-state index is 0.0993. The summed E-state index contributed by atoms with van der Waals surface area (Å²) in [6, 6.07) is 3.42. The maximum Gasteiger partial charge on any atom is 0.231 e. The van der Waals surface area contributed by atoms with Crippen LogP contribution in [0.3, 0.4) is 0 Å². The highest BCUT2D eigenvalue weighted by Crippen LogP contribution is 2.24. The number of hydrogen-bond donors (Lipinski definition) is 2. The van der Waals surface area contributed by atoms with Crippen molar-refractivity contribution in [3.05, 3.63) is 47.8 Å². The number of aryl methyl sites for hydroxylation is 2. The first-order chi connectivity index (χ1) is 13.9. The summed E-state index contributed by atoms with van der Waals surface area (Å²) in [6.07, 6.45) is 5.21. The molecule has 2 N–H and O–H groups in total. The molecule has 148 valence electrons. The number of amides is 1. The number of fused-ring (bicyclic) bond motifs is 2. The van der Waals surface area contributed by atoms with Crippen LogP contribution in [0.5, 0.6) is 0 Å². The molecule has 1 amide bonds. The summed E-state index contributed by atoms with van der Waals surface area (Å²) in [5.74, 6) is -0.366. The maximum atomic E-state index is 14.7. The number of carbonyl (C=O) groups is 1. The third-order valence-corrected chi connectivity index (χ3v) is 5.38. The van der Waals surface area contributed by atoms with Crippen molar-refractivity contribution in [2.45, 2.75) is 26.8 Å². The van der Waals surface area contributed by atoms with Crippen molar-refractivity contribution in [2.75, 3.05) is 11.9 Å². The van der Waals surface area contributed by atoms with E-state index in [0.717, 1.165) is 16.9 Å². The number of anilines is 1. The van der Waals surface area contributed by atoms with Gasteiger partial charge in [0, 0.05) is 24.3 Å². The second-order valence-electron chi connectivity index (χ2n) is 7.59. The number of pyridine rings is 1. The number of nitrogens with zero attached hydrogens (tertiary/aromatic N) is 5. The lowest BCUT2D eigenvalue weighted by Gasteiger charge is -2.33. The van der Waals surface area contributed by atoms with Gasteiger partial charge in [0.25, 0.3) is 0 Å². The molecule has 0 radical (unpaired) electrons. The second-order valence-corrected chi connectivity index (χ2v) is 7.59. The van der Waals surface area contributed by atoms with Gasteiger partial charge in [-0.1, -0.05) is 0 Å². The lowest BCUT2D eigenvalue weighted by molar-refractivity contribution is -0.122. The van der Waals surface area contributed by atoms with Crippen molar-refractivity contribution in [1.29, 1.82) is 0 Å². The molecule has 8 nitrogen and oxygen atoms in total. The van der Waals surface area contributed by atoms with Crippen LogP contribution in [0.2, 0.25) is 0 Å². The zero-order valence-corrected chi connectivity index (χ0v) is 16.3. The fraction of sp³-hybridized carbons (Fsp3) is 0.300. The third kappa shape index (κ3) is 2.94. The molecule has 9 heteroatoms. The van der Waals surface area contributed by atoms with Gasteiger partial charge in [-0.2, -0.15) is 5.10 Å². The van der Waals surface area contributed by atoms with Crippen LogP contribution in [-0.2, 0) is 4.79 Å². The van der Waals surface area contributed by atoms with E-state index < -0.39 is 5.82 Å². The monoisotopic (exact) mass is 393 g/mol. The average Bonchev–Trinajstić information content (AvgIpc) is 3.23. The summed E-state index contributed by atoms with van der Waals surface area (Å²) < 4.78 is 18.0. The fourth-order valence-corrected chi connectivity index (χ4v) is 3.65. The first kappa shape index (κ1) is 17.7. The number of aromatic nitrogens is 5. The molecule has 0 aliphatic carbocycles. The van der Waals surface area contributed by atoms with Crippen LogP contribution in [-0.4, -0.2) is 42.5 Å². The molecule has 1 saturated heterocycles. The largest absolute Gasteiger partial charge is 0.313 e. The van der Waals surface area contributed by atoms with Gasteiger partial charge in [0.2, 0.25) is 5.91 Å². The molecule has 0 spiro atoms. The van der Waals surface area contributed by atoms with Crippen LogP contribution >= 0.6 is 0 Å². The van der Waals surface area contributed by atoms with Gasteiger partial charge in [0.15, 0.2) is 22.9 Å². The molecule has 0 unspecified atom stereocenters. The summed E-state index contributed by atoms with van der Waals surface area (Å²) in [5, 5.41) is 10.5. The van der Waals surface area contributed by atoms with E-state index in [1.807, 2.05) is 33.0 Å². The van der Waals surface area contributed by atoms with Gasteiger partial charge < -0.3 is 15.0 Å². The normalized spacial score (nSPS) is 18.9. The predicted molar refractivity (Wildman–Crippen MR) is 106 cm³/mol. The van der Waals surface area contributed by atoms with Gasteiger partial charge in [-0.3, -0.25) is 4.79 Å². The summed E-state index contributed by atoms with van der Waals surface area (Å²) in [6.45, 7) is 6.45. The molecule has 0 saturated carbocycles. The first-order valence-corrected chi connectivity index (χ1v) is 9.45. The molecular formula is C20H20FN7O. The summed E-state index contributed by atoms with van der Waals surface area (Å²) >= 11 is 0. The van der Waals surface area contributed by atoms with E-state index in [0.29, 0.717) is 23.6 Å². The zero-order chi connectivity index (χ0) is 20.3. The van der Waals surface area contributed by atoms with Crippen molar-refractivity contribution in [1.82, 2.24) is 29.3 Å². The minimum atomic E-state index is -0.483. The van der Waals surface area contributed by atoms with Crippen molar-refractivity contribution in [3.63, 3.8) is 0 Å². The molecule has 1 aliphatic rings. The van der Waals surface area contributed by atoms with Crippen LogP contribution in [0, 0.1) is 25.6 Å². The Bertz CT molecular complexity index is 1280. The molecule has 0 bridgehead atoms. The summed E-state index contributed by atoms with van der Waals surface area (Å²) in [5.41, 5.74) is 3.98. The second kappa shape index (κ2) is 6.35. The number of carbonyl (C=O) groups excluding carboxylic acids is 1. The summed E-state index contributed by atoms with van der Waals surface area (Å²) in [7, 11) is 0. The van der Waals surface area contributed by atoms with Crippen molar-refractivity contribution in [2.24, 2.45) is 5.92 Å². The third-order valence-electron chi connectivity index (χ3n) is 5.38. The van der Waals surface area contributed by atoms with Gasteiger partial charge in [0.1, 0.15) is 0 Å². The molecule has 1 aliphatic heterocycles. The Morgan fingerprint density at radius 3 is 2.76 bits per heavy atom. The lowest BCUT2D eigenvalue weighted by Crippen LogP contribution is -2.56. The Kier molecular flexibility index (Phi) is 3.88.